The zero-order valence-corrected chi connectivity index (χ0v) is 8.72. The largest absolute Gasteiger partial charge is 0.369 e. The van der Waals surface area contributed by atoms with Crippen LogP contribution >= 0.6 is 0 Å². The van der Waals surface area contributed by atoms with Crippen molar-refractivity contribution in [1.29, 1.82) is 0 Å². The molecule has 0 unspecified atom stereocenters. The number of hydrogen-bond donors (Lipinski definition) is 1. The lowest BCUT2D eigenvalue weighted by Crippen LogP contribution is -2.43. The van der Waals surface area contributed by atoms with Crippen LogP contribution in [0.1, 0.15) is 12.0 Å². The van der Waals surface area contributed by atoms with Gasteiger partial charge < -0.3 is 10.2 Å². The monoisotopic (exact) mass is 230 g/mol. The number of anilines is 1. The second-order valence-electron chi connectivity index (χ2n) is 3.74. The molecule has 0 spiro atoms. The van der Waals surface area contributed by atoms with Crippen LogP contribution in [0, 0.1) is 5.82 Å². The van der Waals surface area contributed by atoms with E-state index in [9.17, 15) is 13.2 Å². The Kier molecular flexibility index (Phi) is 3.33. The quantitative estimate of drug-likeness (QED) is 0.837. The number of nitrogens with one attached hydrogen (secondary N) is 1. The molecule has 5 heteroatoms. The van der Waals surface area contributed by atoms with Gasteiger partial charge in [0.05, 0.1) is 5.56 Å². The number of hydrogen-bond acceptors (Lipinski definition) is 2. The Hall–Kier alpha value is -1.23. The van der Waals surface area contributed by atoms with Crippen molar-refractivity contribution in [1.82, 2.24) is 5.32 Å². The van der Waals surface area contributed by atoms with Gasteiger partial charge in [0.15, 0.2) is 0 Å². The highest BCUT2D eigenvalue weighted by atomic mass is 19.3. The van der Waals surface area contributed by atoms with Crippen LogP contribution in [0.5, 0.6) is 0 Å². The Bertz CT molecular complexity index is 362. The van der Waals surface area contributed by atoms with E-state index >= 15 is 0 Å². The van der Waals surface area contributed by atoms with Gasteiger partial charge in [-0.25, -0.2) is 13.2 Å². The van der Waals surface area contributed by atoms with Crippen LogP contribution in [0.2, 0.25) is 0 Å². The molecule has 0 saturated carbocycles. The third kappa shape index (κ3) is 2.29. The molecule has 1 heterocycles. The van der Waals surface area contributed by atoms with Crippen LogP contribution in [0.25, 0.3) is 0 Å². The van der Waals surface area contributed by atoms with Crippen molar-refractivity contribution < 1.29 is 13.2 Å². The highest BCUT2D eigenvalue weighted by molar-refractivity contribution is 5.49. The van der Waals surface area contributed by atoms with Crippen molar-refractivity contribution in [3.05, 3.63) is 29.6 Å². The summed E-state index contributed by atoms with van der Waals surface area (Å²) in [5.41, 5.74) is 0.147. The van der Waals surface area contributed by atoms with Crippen molar-refractivity contribution >= 4 is 5.69 Å². The van der Waals surface area contributed by atoms with Crippen LogP contribution in [-0.2, 0) is 0 Å². The SMILES string of the molecule is Fc1ccc(N2CCNCC2)cc1C(F)F. The van der Waals surface area contributed by atoms with Crippen molar-refractivity contribution in [2.24, 2.45) is 0 Å². The average Bonchev–Trinajstić information content (AvgIpc) is 2.30. The summed E-state index contributed by atoms with van der Waals surface area (Å²) < 4.78 is 38.1. The van der Waals surface area contributed by atoms with Crippen LogP contribution in [0.3, 0.4) is 0 Å². The van der Waals surface area contributed by atoms with Crippen molar-refractivity contribution in [3.63, 3.8) is 0 Å². The number of piperazine rings is 1. The van der Waals surface area contributed by atoms with Gasteiger partial charge in [-0.3, -0.25) is 0 Å². The summed E-state index contributed by atoms with van der Waals surface area (Å²) in [6, 6.07) is 3.90. The van der Waals surface area contributed by atoms with Crippen molar-refractivity contribution in [2.75, 3.05) is 31.1 Å². The predicted molar refractivity (Wildman–Crippen MR) is 56.4 cm³/mol. The fraction of sp³-hybridized carbons (Fsp3) is 0.455. The second kappa shape index (κ2) is 4.74. The van der Waals surface area contributed by atoms with Gasteiger partial charge in [-0.05, 0) is 18.2 Å². The standard InChI is InChI=1S/C11H13F3N2/c12-10-2-1-8(7-9(10)11(13)14)16-5-3-15-4-6-16/h1-2,7,11,15H,3-6H2. The molecule has 0 aliphatic carbocycles. The molecule has 88 valence electrons. The molecule has 2 rings (SSSR count). The summed E-state index contributed by atoms with van der Waals surface area (Å²) >= 11 is 0. The van der Waals surface area contributed by atoms with Crippen LogP contribution < -0.4 is 10.2 Å². The van der Waals surface area contributed by atoms with Gasteiger partial charge in [0.25, 0.3) is 6.43 Å². The van der Waals surface area contributed by atoms with E-state index in [0.29, 0.717) is 5.69 Å². The molecule has 16 heavy (non-hydrogen) atoms. The van der Waals surface area contributed by atoms with Gasteiger partial charge in [-0.15, -0.1) is 0 Å². The molecule has 2 nitrogen and oxygen atoms in total. The van der Waals surface area contributed by atoms with Gasteiger partial charge in [0.2, 0.25) is 0 Å². The molecule has 1 aliphatic heterocycles. The summed E-state index contributed by atoms with van der Waals surface area (Å²) in [4.78, 5) is 1.97. The predicted octanol–water partition coefficient (Wildman–Crippen LogP) is 2.17. The molecule has 1 N–H and O–H groups in total. The maximum Gasteiger partial charge on any atom is 0.266 e. The number of nitrogens with zero attached hydrogens (tertiary/aromatic N) is 1. The van der Waals surface area contributed by atoms with Gasteiger partial charge in [0.1, 0.15) is 5.82 Å². The third-order valence-electron chi connectivity index (χ3n) is 2.70. The smallest absolute Gasteiger partial charge is 0.266 e. The molecule has 0 radical (unpaired) electrons. The molecule has 0 amide bonds. The van der Waals surface area contributed by atoms with E-state index < -0.39 is 17.8 Å². The van der Waals surface area contributed by atoms with Crippen LogP contribution in [0.4, 0.5) is 18.9 Å². The number of alkyl halides is 2. The summed E-state index contributed by atoms with van der Waals surface area (Å²) in [7, 11) is 0. The lowest BCUT2D eigenvalue weighted by atomic mass is 10.1. The Morgan fingerprint density at radius 3 is 2.50 bits per heavy atom. The van der Waals surface area contributed by atoms with Crippen molar-refractivity contribution in [2.45, 2.75) is 6.43 Å². The minimum Gasteiger partial charge on any atom is -0.369 e. The minimum absolute atomic E-state index is 0.518. The van der Waals surface area contributed by atoms with Crippen molar-refractivity contribution in [3.8, 4) is 0 Å². The molecule has 0 aromatic heterocycles. The number of rotatable bonds is 2. The van der Waals surface area contributed by atoms with Gasteiger partial charge >= 0.3 is 0 Å². The highest BCUT2D eigenvalue weighted by Crippen LogP contribution is 2.26. The van der Waals surface area contributed by atoms with Gasteiger partial charge in [-0.1, -0.05) is 0 Å². The van der Waals surface area contributed by atoms with E-state index in [-0.39, 0.29) is 0 Å². The summed E-state index contributed by atoms with van der Waals surface area (Å²) in [5, 5.41) is 3.17. The van der Waals surface area contributed by atoms with E-state index in [1.54, 1.807) is 6.07 Å². The van der Waals surface area contributed by atoms with E-state index in [1.807, 2.05) is 4.90 Å². The average molecular weight is 230 g/mol. The number of halogens is 3. The Balaban J connectivity index is 2.24. The Labute approximate surface area is 92.1 Å². The lowest BCUT2D eigenvalue weighted by Gasteiger charge is -2.29. The molecule has 1 aromatic carbocycles. The molecule has 1 aliphatic rings. The summed E-state index contributed by atoms with van der Waals surface area (Å²) in [6.07, 6.45) is -2.76. The second-order valence-corrected chi connectivity index (χ2v) is 3.74. The van der Waals surface area contributed by atoms with E-state index in [2.05, 4.69) is 5.32 Å². The normalized spacial score (nSPS) is 16.9. The van der Waals surface area contributed by atoms with Gasteiger partial charge in [0, 0.05) is 31.9 Å². The molecular formula is C11H13F3N2. The molecule has 0 atom stereocenters. The molecule has 1 aromatic rings. The molecule has 1 fully saturated rings. The van der Waals surface area contributed by atoms with Gasteiger partial charge in [-0.2, -0.15) is 0 Å². The first-order valence-corrected chi connectivity index (χ1v) is 5.22. The molecular weight excluding hydrogens is 217 g/mol. The topological polar surface area (TPSA) is 15.3 Å². The number of benzene rings is 1. The summed E-state index contributed by atoms with van der Waals surface area (Å²) in [6.45, 7) is 3.16. The fourth-order valence-corrected chi connectivity index (χ4v) is 1.82. The lowest BCUT2D eigenvalue weighted by molar-refractivity contribution is 0.146. The zero-order chi connectivity index (χ0) is 11.5. The third-order valence-corrected chi connectivity index (χ3v) is 2.70. The Morgan fingerprint density at radius 1 is 1.19 bits per heavy atom. The zero-order valence-electron chi connectivity index (χ0n) is 8.72. The molecule has 1 saturated heterocycles. The van der Waals surface area contributed by atoms with Crippen LogP contribution in [0.15, 0.2) is 18.2 Å². The first kappa shape index (κ1) is 11.3. The minimum atomic E-state index is -2.76. The maximum absolute atomic E-state index is 13.1. The Morgan fingerprint density at radius 2 is 1.88 bits per heavy atom. The van der Waals surface area contributed by atoms with Crippen LogP contribution in [-0.4, -0.2) is 26.2 Å². The maximum atomic E-state index is 13.1. The first-order chi connectivity index (χ1) is 7.68. The summed E-state index contributed by atoms with van der Waals surface area (Å²) in [5.74, 6) is -0.839. The van der Waals surface area contributed by atoms with E-state index in [0.717, 1.165) is 32.2 Å². The highest BCUT2D eigenvalue weighted by Gasteiger charge is 2.17. The van der Waals surface area contributed by atoms with E-state index in [4.69, 9.17) is 0 Å². The fourth-order valence-electron chi connectivity index (χ4n) is 1.82. The first-order valence-electron chi connectivity index (χ1n) is 5.22. The molecule has 0 bridgehead atoms. The van der Waals surface area contributed by atoms with E-state index in [1.165, 1.54) is 6.07 Å².